The normalized spacial score (nSPS) is 13.4. The third kappa shape index (κ3) is 14.2. The number of fused-ring (bicyclic) bond motifs is 3. The predicted molar refractivity (Wildman–Crippen MR) is 182 cm³/mol. The van der Waals surface area contributed by atoms with Gasteiger partial charge < -0.3 is 25.2 Å². The van der Waals surface area contributed by atoms with E-state index in [-0.39, 0.29) is 31.4 Å². The fourth-order valence-electron chi connectivity index (χ4n) is 5.85. The van der Waals surface area contributed by atoms with Gasteiger partial charge in [0.15, 0.2) is 0 Å². The monoisotopic (exact) mass is 656 g/mol. The zero-order chi connectivity index (χ0) is 33.0. The molecule has 1 aliphatic rings. The van der Waals surface area contributed by atoms with Crippen molar-refractivity contribution in [2.75, 3.05) is 19.8 Å². The molecule has 2 amide bonds. The molecule has 3 rings (SSSR count). The van der Waals surface area contributed by atoms with E-state index in [0.717, 1.165) is 54.4 Å². The largest absolute Gasteiger partial charge is 0.469 e. The van der Waals surface area contributed by atoms with E-state index in [1.54, 1.807) is 0 Å². The number of alkyl carbamates (subject to hydrolysis) is 1. The lowest BCUT2D eigenvalue weighted by Crippen LogP contribution is -2.46. The van der Waals surface area contributed by atoms with Crippen LogP contribution in [0.25, 0.3) is 11.1 Å². The number of nitrogens with one attached hydrogen (secondary N) is 2. The van der Waals surface area contributed by atoms with Gasteiger partial charge in [0, 0.05) is 18.9 Å². The van der Waals surface area contributed by atoms with E-state index in [1.165, 1.54) is 44.9 Å². The van der Waals surface area contributed by atoms with Crippen LogP contribution < -0.4 is 10.6 Å². The minimum atomic E-state index is -4.75. The van der Waals surface area contributed by atoms with E-state index >= 15 is 0 Å². The van der Waals surface area contributed by atoms with Gasteiger partial charge in [0.25, 0.3) is 0 Å². The molecule has 0 fully saturated rings. The Morgan fingerprint density at radius 1 is 0.826 bits per heavy atom. The van der Waals surface area contributed by atoms with Crippen LogP contribution >= 0.6 is 7.82 Å². The fourth-order valence-corrected chi connectivity index (χ4v) is 6.22. The summed E-state index contributed by atoms with van der Waals surface area (Å²) in [7, 11) is -4.75. The number of rotatable bonds is 23. The van der Waals surface area contributed by atoms with Crippen molar-refractivity contribution < 1.29 is 33.2 Å². The number of amides is 2. The van der Waals surface area contributed by atoms with Crippen molar-refractivity contribution in [2.24, 2.45) is 0 Å². The van der Waals surface area contributed by atoms with E-state index in [4.69, 9.17) is 14.5 Å². The van der Waals surface area contributed by atoms with Gasteiger partial charge in [-0.15, -0.1) is 0 Å². The Kier molecular flexibility index (Phi) is 17.1. The number of ether oxygens (including phenoxy) is 1. The molecule has 9 nitrogen and oxygen atoms in total. The minimum absolute atomic E-state index is 0.0991. The molecule has 0 bridgehead atoms. The van der Waals surface area contributed by atoms with Crippen LogP contribution in [-0.4, -0.2) is 47.6 Å². The molecule has 0 aromatic heterocycles. The highest BCUT2D eigenvalue weighted by molar-refractivity contribution is 7.46. The first kappa shape index (κ1) is 37.5. The lowest BCUT2D eigenvalue weighted by atomic mass is 9.98. The predicted octanol–water partition coefficient (Wildman–Crippen LogP) is 8.16. The number of hydrogen-bond acceptors (Lipinski definition) is 5. The third-order valence-corrected chi connectivity index (χ3v) is 8.80. The molecule has 1 atom stereocenters. The summed E-state index contributed by atoms with van der Waals surface area (Å²) in [6.45, 7) is 1.82. The fraction of sp³-hybridized carbons (Fsp3) is 0.556. The van der Waals surface area contributed by atoms with Crippen molar-refractivity contribution in [2.45, 2.75) is 109 Å². The topological polar surface area (TPSA) is 134 Å². The first-order valence-electron chi connectivity index (χ1n) is 17.0. The number of carbonyl (C=O) groups excluding carboxylic acids is 2. The Balaban J connectivity index is 1.32. The molecule has 4 N–H and O–H groups in total. The van der Waals surface area contributed by atoms with Gasteiger partial charge >= 0.3 is 13.9 Å². The van der Waals surface area contributed by atoms with E-state index in [0.29, 0.717) is 6.42 Å². The minimum Gasteiger partial charge on any atom is -0.449 e. The first-order chi connectivity index (χ1) is 22.3. The Morgan fingerprint density at radius 2 is 1.37 bits per heavy atom. The number of carbonyl (C=O) groups is 2. The van der Waals surface area contributed by atoms with Gasteiger partial charge in [-0.3, -0.25) is 9.32 Å². The van der Waals surface area contributed by atoms with Crippen molar-refractivity contribution >= 4 is 19.8 Å². The lowest BCUT2D eigenvalue weighted by molar-refractivity contribution is -0.122. The summed E-state index contributed by atoms with van der Waals surface area (Å²) in [5.74, 6) is -0.357. The second-order valence-corrected chi connectivity index (χ2v) is 13.3. The molecule has 0 radical (unpaired) electrons. The molecule has 0 heterocycles. The Morgan fingerprint density at radius 3 is 1.96 bits per heavy atom. The van der Waals surface area contributed by atoms with E-state index in [2.05, 4.69) is 46.4 Å². The maximum absolute atomic E-state index is 12.6. The molecule has 1 aliphatic carbocycles. The Hall–Kier alpha value is -2.97. The highest BCUT2D eigenvalue weighted by atomic mass is 31.2. The second-order valence-electron chi connectivity index (χ2n) is 12.1. The SMILES string of the molecule is CCCCCCCC/C=C\CCCCCCCC(=O)N[C@H](CNC(=O)OCC1c2ccccc2-c2ccccc21)COP(=O)(O)O. The summed E-state index contributed by atoms with van der Waals surface area (Å²) in [6, 6.07) is 15.2. The van der Waals surface area contributed by atoms with Crippen LogP contribution in [0.3, 0.4) is 0 Å². The van der Waals surface area contributed by atoms with E-state index < -0.39 is 26.6 Å². The molecule has 0 saturated carbocycles. The second kappa shape index (κ2) is 21.0. The van der Waals surface area contributed by atoms with Crippen LogP contribution in [0.4, 0.5) is 4.79 Å². The number of phosphoric ester groups is 1. The van der Waals surface area contributed by atoms with Crippen LogP contribution in [0.1, 0.15) is 114 Å². The van der Waals surface area contributed by atoms with Gasteiger partial charge in [-0.05, 0) is 54.4 Å². The smallest absolute Gasteiger partial charge is 0.449 e. The summed E-state index contributed by atoms with van der Waals surface area (Å²) in [4.78, 5) is 43.5. The number of phosphoric acid groups is 1. The molecule has 0 spiro atoms. The Bertz CT molecular complexity index is 1230. The van der Waals surface area contributed by atoms with E-state index in [1.807, 2.05) is 36.4 Å². The average molecular weight is 657 g/mol. The zero-order valence-electron chi connectivity index (χ0n) is 27.3. The molecule has 0 saturated heterocycles. The van der Waals surface area contributed by atoms with Gasteiger partial charge in [-0.25, -0.2) is 9.36 Å². The quantitative estimate of drug-likeness (QED) is 0.0539. The van der Waals surface area contributed by atoms with Crippen LogP contribution in [0.2, 0.25) is 0 Å². The van der Waals surface area contributed by atoms with Crippen molar-refractivity contribution in [3.63, 3.8) is 0 Å². The average Bonchev–Trinajstić information content (AvgIpc) is 3.36. The van der Waals surface area contributed by atoms with Gasteiger partial charge in [-0.1, -0.05) is 119 Å². The molecule has 2 aromatic carbocycles. The van der Waals surface area contributed by atoms with Crippen molar-refractivity contribution in [3.05, 3.63) is 71.8 Å². The van der Waals surface area contributed by atoms with Gasteiger partial charge in [0.1, 0.15) is 6.61 Å². The molecule has 10 heteroatoms. The summed E-state index contributed by atoms with van der Waals surface area (Å²) >= 11 is 0. The summed E-state index contributed by atoms with van der Waals surface area (Å²) in [5, 5.41) is 5.33. The molecule has 0 unspecified atom stereocenters. The Labute approximate surface area is 274 Å². The maximum atomic E-state index is 12.6. The number of allylic oxidation sites excluding steroid dienone is 2. The van der Waals surface area contributed by atoms with Crippen molar-refractivity contribution in [1.29, 1.82) is 0 Å². The van der Waals surface area contributed by atoms with Crippen molar-refractivity contribution in [1.82, 2.24) is 10.6 Å². The molecular formula is C36H53N2O7P. The zero-order valence-corrected chi connectivity index (χ0v) is 28.2. The molecular weight excluding hydrogens is 603 g/mol. The highest BCUT2D eigenvalue weighted by Crippen LogP contribution is 2.44. The number of hydrogen-bond donors (Lipinski definition) is 4. The highest BCUT2D eigenvalue weighted by Gasteiger charge is 2.29. The summed E-state index contributed by atoms with van der Waals surface area (Å²) in [5.41, 5.74) is 4.42. The third-order valence-electron chi connectivity index (χ3n) is 8.31. The van der Waals surface area contributed by atoms with Crippen molar-refractivity contribution in [3.8, 4) is 11.1 Å². The molecule has 0 aliphatic heterocycles. The number of unbranched alkanes of at least 4 members (excludes halogenated alkanes) is 11. The molecule has 46 heavy (non-hydrogen) atoms. The van der Waals surface area contributed by atoms with Gasteiger partial charge in [-0.2, -0.15) is 0 Å². The maximum Gasteiger partial charge on any atom is 0.469 e. The van der Waals surface area contributed by atoms with Gasteiger partial charge in [0.2, 0.25) is 5.91 Å². The summed E-state index contributed by atoms with van der Waals surface area (Å²) in [6.07, 6.45) is 19.3. The standard InChI is InChI=1S/C36H53N2O7P/c1-2-3-4-5-6-7-8-9-10-11-12-13-14-15-16-25-35(39)38-29(27-45-46(41,42)43)26-37-36(40)44-28-34-32-23-19-17-21-30(32)31-22-18-20-24-33(31)34/h9-10,17-24,29,34H,2-8,11-16,25-28H2,1H3,(H,37,40)(H,38,39)(H2,41,42,43)/b10-9-/t29-/m1/s1. The molecule has 254 valence electrons. The number of benzene rings is 2. The van der Waals surface area contributed by atoms with Crippen LogP contribution in [0.5, 0.6) is 0 Å². The van der Waals surface area contributed by atoms with E-state index in [9.17, 15) is 14.2 Å². The van der Waals surface area contributed by atoms with Crippen LogP contribution in [-0.2, 0) is 18.6 Å². The van der Waals surface area contributed by atoms with Crippen LogP contribution in [0, 0.1) is 0 Å². The summed E-state index contributed by atoms with van der Waals surface area (Å²) < 4.78 is 21.5. The lowest BCUT2D eigenvalue weighted by Gasteiger charge is -2.20. The van der Waals surface area contributed by atoms with Gasteiger partial charge in [0.05, 0.1) is 12.6 Å². The first-order valence-corrected chi connectivity index (χ1v) is 18.5. The molecule has 2 aromatic rings. The van der Waals surface area contributed by atoms with Crippen LogP contribution in [0.15, 0.2) is 60.7 Å².